The van der Waals surface area contributed by atoms with Gasteiger partial charge in [0.1, 0.15) is 0 Å². The van der Waals surface area contributed by atoms with Gasteiger partial charge in [0, 0.05) is 12.5 Å². The van der Waals surface area contributed by atoms with Gasteiger partial charge in [-0.2, -0.15) is 0 Å². The van der Waals surface area contributed by atoms with E-state index in [1.807, 2.05) is 7.11 Å². The number of rotatable bonds is 4. The predicted octanol–water partition coefficient (Wildman–Crippen LogP) is 6.85. The second-order valence-corrected chi connectivity index (χ2v) is 14.3. The lowest BCUT2D eigenvalue weighted by Gasteiger charge is -2.60. The molecule has 6 aliphatic rings. The largest absolute Gasteiger partial charge is 0.486 e. The number of ether oxygens (including phenoxy) is 1. The van der Waals surface area contributed by atoms with Crippen LogP contribution in [0.15, 0.2) is 12.1 Å². The molecule has 5 aliphatic carbocycles. The van der Waals surface area contributed by atoms with E-state index in [9.17, 15) is 0 Å². The van der Waals surface area contributed by atoms with Crippen molar-refractivity contribution in [3.8, 4) is 0 Å². The van der Waals surface area contributed by atoms with Gasteiger partial charge in [0.2, 0.25) is 0 Å². The smallest absolute Gasteiger partial charge is 0.400 e. The van der Waals surface area contributed by atoms with Gasteiger partial charge < -0.3 is 14.0 Å². The zero-order valence-electron chi connectivity index (χ0n) is 22.3. The lowest BCUT2D eigenvalue weighted by Crippen LogP contribution is -2.56. The molecular formula is C29H47BO3. The van der Waals surface area contributed by atoms with Gasteiger partial charge in [0.25, 0.3) is 0 Å². The standard InChI is InChI=1S/C29H47BO3/c1-25(2)26(3,4)33-30(32-25)16-8-9-19-10-11-22-21-17-24(31-7)29-18-20(29)12-15-28(29,6)23(21)13-14-27(19,22)5/h8,16,19-24H,9-15,17-18H2,1-7H3/b16-8+/t19-,20+,21-,22-,23-,24+,27+,28+,29?/m0/s1. The molecule has 0 N–H and O–H groups in total. The highest BCUT2D eigenvalue weighted by Gasteiger charge is 2.77. The molecule has 1 saturated heterocycles. The van der Waals surface area contributed by atoms with Crippen LogP contribution in [0, 0.1) is 45.8 Å². The third-order valence-electron chi connectivity index (χ3n) is 13.0. The summed E-state index contributed by atoms with van der Waals surface area (Å²) in [4.78, 5) is 0. The Morgan fingerprint density at radius 2 is 1.64 bits per heavy atom. The molecule has 0 amide bonds. The average molecular weight is 455 g/mol. The number of methoxy groups -OCH3 is 1. The van der Waals surface area contributed by atoms with Crippen molar-refractivity contribution in [2.45, 2.75) is 117 Å². The van der Waals surface area contributed by atoms with Crippen LogP contribution in [0.5, 0.6) is 0 Å². The van der Waals surface area contributed by atoms with Crippen molar-refractivity contribution in [1.29, 1.82) is 0 Å². The summed E-state index contributed by atoms with van der Waals surface area (Å²) in [7, 11) is 1.80. The van der Waals surface area contributed by atoms with Gasteiger partial charge in [-0.15, -0.1) is 0 Å². The maximum absolute atomic E-state index is 6.29. The third kappa shape index (κ3) is 2.93. The summed E-state index contributed by atoms with van der Waals surface area (Å²) in [5, 5.41) is 0. The first-order valence-corrected chi connectivity index (χ1v) is 14.0. The fourth-order valence-electron chi connectivity index (χ4n) is 10.4. The molecule has 3 nitrogen and oxygen atoms in total. The van der Waals surface area contributed by atoms with E-state index in [1.165, 1.54) is 57.8 Å². The van der Waals surface area contributed by atoms with Gasteiger partial charge in [0.05, 0.1) is 17.3 Å². The van der Waals surface area contributed by atoms with E-state index in [1.54, 1.807) is 0 Å². The molecule has 6 rings (SSSR count). The summed E-state index contributed by atoms with van der Waals surface area (Å²) in [6.07, 6.45) is 15.5. The minimum absolute atomic E-state index is 0.207. The number of fused-ring (bicyclic) bond motifs is 4. The minimum atomic E-state index is -0.252. The lowest BCUT2D eigenvalue weighted by molar-refractivity contribution is -0.159. The van der Waals surface area contributed by atoms with Gasteiger partial charge in [-0.1, -0.05) is 25.9 Å². The summed E-state index contributed by atoms with van der Waals surface area (Å²) in [5.41, 5.74) is 1.07. The molecule has 4 heteroatoms. The molecule has 0 radical (unpaired) electrons. The molecule has 5 saturated carbocycles. The highest BCUT2D eigenvalue weighted by atomic mass is 16.7. The van der Waals surface area contributed by atoms with Gasteiger partial charge >= 0.3 is 7.12 Å². The Bertz CT molecular complexity index is 821. The van der Waals surface area contributed by atoms with Crippen molar-refractivity contribution >= 4 is 7.12 Å². The fourth-order valence-corrected chi connectivity index (χ4v) is 10.4. The molecule has 0 aromatic heterocycles. The molecule has 33 heavy (non-hydrogen) atoms. The maximum atomic E-state index is 6.29. The molecule has 1 aliphatic heterocycles. The zero-order chi connectivity index (χ0) is 23.4. The minimum Gasteiger partial charge on any atom is -0.400 e. The number of allylic oxidation sites excluding steroid dienone is 1. The van der Waals surface area contributed by atoms with Crippen molar-refractivity contribution in [2.75, 3.05) is 7.11 Å². The topological polar surface area (TPSA) is 27.7 Å². The van der Waals surface area contributed by atoms with Crippen LogP contribution >= 0.6 is 0 Å². The van der Waals surface area contributed by atoms with E-state index in [-0.39, 0.29) is 18.3 Å². The second-order valence-electron chi connectivity index (χ2n) is 14.3. The molecule has 0 aromatic rings. The van der Waals surface area contributed by atoms with Gasteiger partial charge in [-0.25, -0.2) is 0 Å². The summed E-state index contributed by atoms with van der Waals surface area (Å²) in [5.74, 6) is 6.66. The molecule has 1 unspecified atom stereocenters. The van der Waals surface area contributed by atoms with Crippen LogP contribution in [0.3, 0.4) is 0 Å². The first kappa shape index (κ1) is 23.1. The summed E-state index contributed by atoms with van der Waals surface area (Å²) in [6, 6.07) is 0. The van der Waals surface area contributed by atoms with E-state index in [2.05, 4.69) is 53.6 Å². The number of hydrogen-bond donors (Lipinski definition) is 0. The normalized spacial score (nSPS) is 53.6. The van der Waals surface area contributed by atoms with Crippen LogP contribution in [-0.2, 0) is 14.0 Å². The van der Waals surface area contributed by atoms with Crippen LogP contribution in [0.2, 0.25) is 0 Å². The Morgan fingerprint density at radius 1 is 0.909 bits per heavy atom. The van der Waals surface area contributed by atoms with Crippen LogP contribution in [0.1, 0.15) is 99.3 Å². The van der Waals surface area contributed by atoms with Crippen molar-refractivity contribution in [3.63, 3.8) is 0 Å². The van der Waals surface area contributed by atoms with Gasteiger partial charge in [0.15, 0.2) is 0 Å². The van der Waals surface area contributed by atoms with Crippen molar-refractivity contribution in [3.05, 3.63) is 12.1 Å². The average Bonchev–Trinajstić information content (AvgIpc) is 3.18. The molecule has 1 spiro atoms. The quantitative estimate of drug-likeness (QED) is 0.435. The highest BCUT2D eigenvalue weighted by Crippen LogP contribution is 2.82. The summed E-state index contributed by atoms with van der Waals surface area (Å²) in [6.45, 7) is 13.9. The fraction of sp³-hybridized carbons (Fsp3) is 0.931. The monoisotopic (exact) mass is 454 g/mol. The Morgan fingerprint density at radius 3 is 2.30 bits per heavy atom. The SMILES string of the molecule is CO[C@@H]1C[C@H]2[C@@H]3CC[C@H](C/C=C/B4OC(C)(C)C(C)(C)O4)[C@@]3(C)CC[C@@H]2[C@@]2(C)CC[C@@H]3CC312. The van der Waals surface area contributed by atoms with Crippen molar-refractivity contribution < 1.29 is 14.0 Å². The van der Waals surface area contributed by atoms with Crippen LogP contribution in [-0.4, -0.2) is 31.5 Å². The molecular weight excluding hydrogens is 407 g/mol. The Labute approximate surface area is 202 Å². The number of hydrogen-bond acceptors (Lipinski definition) is 3. The molecule has 6 fully saturated rings. The van der Waals surface area contributed by atoms with Crippen LogP contribution < -0.4 is 0 Å². The van der Waals surface area contributed by atoms with E-state index < -0.39 is 0 Å². The zero-order valence-corrected chi connectivity index (χ0v) is 22.3. The van der Waals surface area contributed by atoms with Gasteiger partial charge in [-0.05, 0) is 126 Å². The van der Waals surface area contributed by atoms with E-state index in [0.29, 0.717) is 22.3 Å². The molecule has 9 atom stereocenters. The first-order valence-electron chi connectivity index (χ1n) is 14.0. The van der Waals surface area contributed by atoms with Crippen LogP contribution in [0.4, 0.5) is 0 Å². The summed E-state index contributed by atoms with van der Waals surface area (Å²) < 4.78 is 18.7. The Balaban J connectivity index is 1.17. The highest BCUT2D eigenvalue weighted by molar-refractivity contribution is 6.51. The van der Waals surface area contributed by atoms with Crippen LogP contribution in [0.25, 0.3) is 0 Å². The lowest BCUT2D eigenvalue weighted by atomic mass is 9.45. The van der Waals surface area contributed by atoms with E-state index in [0.717, 1.165) is 29.6 Å². The first-order chi connectivity index (χ1) is 15.5. The molecule has 184 valence electrons. The molecule has 1 heterocycles. The second kappa shape index (κ2) is 7.13. The predicted molar refractivity (Wildman–Crippen MR) is 134 cm³/mol. The Hall–Kier alpha value is -0.315. The summed E-state index contributed by atoms with van der Waals surface area (Å²) >= 11 is 0. The Kier molecular flexibility index (Phi) is 4.99. The maximum Gasteiger partial charge on any atom is 0.486 e. The van der Waals surface area contributed by atoms with E-state index >= 15 is 0 Å². The molecule has 0 aromatic carbocycles. The molecule has 0 bridgehead atoms. The third-order valence-corrected chi connectivity index (χ3v) is 13.0. The van der Waals surface area contributed by atoms with Crippen molar-refractivity contribution in [1.82, 2.24) is 0 Å². The van der Waals surface area contributed by atoms with E-state index in [4.69, 9.17) is 14.0 Å². The van der Waals surface area contributed by atoms with Gasteiger partial charge in [-0.3, -0.25) is 0 Å². The van der Waals surface area contributed by atoms with Crippen molar-refractivity contribution in [2.24, 2.45) is 45.8 Å².